The second kappa shape index (κ2) is 28.4. The van der Waals surface area contributed by atoms with E-state index < -0.39 is 59.9 Å². The molecule has 1 heterocycles. The number of hydrogen-bond acceptors (Lipinski definition) is 10. The summed E-state index contributed by atoms with van der Waals surface area (Å²) < 4.78 is 47.3. The minimum absolute atomic E-state index is 0.267. The summed E-state index contributed by atoms with van der Waals surface area (Å²) in [5, 5.41) is 44.4. The molecule has 1 aliphatic rings. The van der Waals surface area contributed by atoms with Gasteiger partial charge in [0, 0.05) is 6.42 Å². The Kier molecular flexibility index (Phi) is 26.6. The topological polar surface area (TPSA) is 192 Å². The molecule has 290 valence electrons. The van der Waals surface area contributed by atoms with Crippen LogP contribution in [0.2, 0.25) is 0 Å². The maximum atomic E-state index is 12.9. The van der Waals surface area contributed by atoms with Gasteiger partial charge in [-0.05, 0) is 19.3 Å². The van der Waals surface area contributed by atoms with Crippen molar-refractivity contribution in [3.8, 4) is 0 Å². The van der Waals surface area contributed by atoms with Crippen molar-refractivity contribution in [2.24, 2.45) is 0 Å². The number of nitrogens with one attached hydrogen (secondary N) is 1. The van der Waals surface area contributed by atoms with E-state index in [-0.39, 0.29) is 18.9 Å². The molecule has 1 aliphatic heterocycles. The highest BCUT2D eigenvalue weighted by atomic mass is 32.3. The first kappa shape index (κ1) is 45.9. The Morgan fingerprint density at radius 3 is 1.78 bits per heavy atom. The molecule has 6 N–H and O–H groups in total. The van der Waals surface area contributed by atoms with Crippen LogP contribution in [0.5, 0.6) is 0 Å². The highest BCUT2D eigenvalue weighted by Crippen LogP contribution is 2.26. The van der Waals surface area contributed by atoms with Crippen molar-refractivity contribution in [1.29, 1.82) is 0 Å². The molecule has 1 amide bonds. The number of amides is 1. The van der Waals surface area contributed by atoms with Crippen molar-refractivity contribution < 1.29 is 51.8 Å². The Morgan fingerprint density at radius 1 is 0.796 bits per heavy atom. The van der Waals surface area contributed by atoms with Gasteiger partial charge in [-0.25, -0.2) is 4.18 Å². The highest BCUT2D eigenvalue weighted by molar-refractivity contribution is 7.80. The van der Waals surface area contributed by atoms with Crippen LogP contribution in [0.15, 0.2) is 12.2 Å². The van der Waals surface area contributed by atoms with Crippen LogP contribution in [0.1, 0.15) is 155 Å². The van der Waals surface area contributed by atoms with Crippen molar-refractivity contribution in [2.75, 3.05) is 13.2 Å². The molecule has 0 spiro atoms. The summed E-state index contributed by atoms with van der Waals surface area (Å²) in [6, 6.07) is -0.934. The fourth-order valence-electron chi connectivity index (χ4n) is 6.04. The van der Waals surface area contributed by atoms with E-state index in [2.05, 4.69) is 23.3 Å². The predicted octanol–water partition coefficient (Wildman–Crippen LogP) is 5.65. The van der Waals surface area contributed by atoms with Gasteiger partial charge in [0.05, 0.1) is 25.4 Å². The number of unbranched alkanes of at least 4 members (excludes halogenated alkanes) is 19. The Balaban J connectivity index is 2.66. The summed E-state index contributed by atoms with van der Waals surface area (Å²) in [6.45, 7) is 3.32. The highest BCUT2D eigenvalue weighted by Gasteiger charge is 2.48. The standard InChI is InChI=1S/C36H69NO11S/c1-3-5-7-9-11-13-15-16-17-19-21-23-25-30(39)29(37-32(40)26-24-22-20-18-14-12-10-8-6-4-2)28-46-36-34(42)35(48-49(43,44)45)33(41)31(27-38)47-36/h23,25,29-31,33-36,38-39,41-42H,3-22,24,26-28H2,1-2H3,(H,37,40)(H,43,44,45)/b25-23+. The number of rotatable bonds is 31. The molecule has 0 aromatic heterocycles. The Bertz CT molecular complexity index is 951. The molecule has 1 fully saturated rings. The van der Waals surface area contributed by atoms with Crippen molar-refractivity contribution >= 4 is 16.3 Å². The number of aliphatic hydroxyl groups excluding tert-OH is 4. The van der Waals surface area contributed by atoms with Gasteiger partial charge in [0.25, 0.3) is 0 Å². The summed E-state index contributed by atoms with van der Waals surface area (Å²) in [4.78, 5) is 12.9. The lowest BCUT2D eigenvalue weighted by atomic mass is 9.99. The third-order valence-electron chi connectivity index (χ3n) is 9.07. The van der Waals surface area contributed by atoms with Crippen molar-refractivity contribution in [2.45, 2.75) is 198 Å². The molecule has 1 rings (SSSR count). The molecule has 1 saturated heterocycles. The average Bonchev–Trinajstić information content (AvgIpc) is 3.06. The molecule has 13 heteroatoms. The van der Waals surface area contributed by atoms with Crippen LogP contribution in [0.25, 0.3) is 0 Å². The molecule has 0 saturated carbocycles. The summed E-state index contributed by atoms with van der Waals surface area (Å²) >= 11 is 0. The lowest BCUT2D eigenvalue weighted by Gasteiger charge is -2.41. The first-order chi connectivity index (χ1) is 23.5. The van der Waals surface area contributed by atoms with Crippen LogP contribution in [-0.2, 0) is 28.9 Å². The number of hydrogen-bond donors (Lipinski definition) is 6. The van der Waals surface area contributed by atoms with Gasteiger partial charge in [-0.3, -0.25) is 9.35 Å². The number of carbonyl (C=O) groups excluding carboxylic acids is 1. The zero-order valence-electron chi connectivity index (χ0n) is 30.3. The second-order valence-electron chi connectivity index (χ2n) is 13.5. The van der Waals surface area contributed by atoms with E-state index in [4.69, 9.17) is 14.0 Å². The number of allylic oxidation sites excluding steroid dienone is 1. The van der Waals surface area contributed by atoms with Gasteiger partial charge >= 0.3 is 10.4 Å². The van der Waals surface area contributed by atoms with Crippen LogP contribution >= 0.6 is 0 Å². The third-order valence-corrected chi connectivity index (χ3v) is 9.53. The molecule has 0 bridgehead atoms. The first-order valence-corrected chi connectivity index (χ1v) is 20.4. The second-order valence-corrected chi connectivity index (χ2v) is 14.6. The van der Waals surface area contributed by atoms with Crippen LogP contribution < -0.4 is 5.32 Å². The average molecular weight is 724 g/mol. The minimum Gasteiger partial charge on any atom is -0.394 e. The van der Waals surface area contributed by atoms with Crippen LogP contribution in [-0.4, -0.2) is 95.4 Å². The SMILES string of the molecule is CCCCCCCCCCCC/C=C/C(O)C(COC1OC(CO)C(O)C(OS(=O)(=O)O)C1O)NC(=O)CCCCCCCCCCCC. The zero-order chi connectivity index (χ0) is 36.3. The summed E-state index contributed by atoms with van der Waals surface area (Å²) in [5.41, 5.74) is 0. The van der Waals surface area contributed by atoms with E-state index in [9.17, 15) is 33.6 Å². The van der Waals surface area contributed by atoms with Gasteiger partial charge in [0.15, 0.2) is 6.29 Å². The number of ether oxygens (including phenoxy) is 2. The lowest BCUT2D eigenvalue weighted by Crippen LogP contribution is -2.61. The normalized spacial score (nSPS) is 22.8. The molecule has 7 atom stereocenters. The van der Waals surface area contributed by atoms with E-state index in [1.807, 2.05) is 6.08 Å². The maximum Gasteiger partial charge on any atom is 0.397 e. The minimum atomic E-state index is -5.07. The van der Waals surface area contributed by atoms with E-state index >= 15 is 0 Å². The predicted molar refractivity (Wildman–Crippen MR) is 190 cm³/mol. The van der Waals surface area contributed by atoms with Gasteiger partial charge in [-0.2, -0.15) is 8.42 Å². The first-order valence-electron chi connectivity index (χ1n) is 19.1. The molecule has 12 nitrogen and oxygen atoms in total. The Morgan fingerprint density at radius 2 is 1.29 bits per heavy atom. The molecule has 7 unspecified atom stereocenters. The Hall–Kier alpha value is -1.16. The van der Waals surface area contributed by atoms with E-state index in [0.29, 0.717) is 6.42 Å². The number of carbonyl (C=O) groups is 1. The summed E-state index contributed by atoms with van der Waals surface area (Å²) in [7, 11) is -5.07. The van der Waals surface area contributed by atoms with Crippen LogP contribution in [0.3, 0.4) is 0 Å². The lowest BCUT2D eigenvalue weighted by molar-refractivity contribution is -0.298. The largest absolute Gasteiger partial charge is 0.397 e. The molecule has 0 aromatic carbocycles. The molecule has 0 aliphatic carbocycles. The van der Waals surface area contributed by atoms with Crippen molar-refractivity contribution in [3.63, 3.8) is 0 Å². The van der Waals surface area contributed by atoms with Crippen LogP contribution in [0.4, 0.5) is 0 Å². The van der Waals surface area contributed by atoms with E-state index in [1.54, 1.807) is 6.08 Å². The van der Waals surface area contributed by atoms with Crippen LogP contribution in [0, 0.1) is 0 Å². The molecule has 0 radical (unpaired) electrons. The summed E-state index contributed by atoms with van der Waals surface area (Å²) in [5.74, 6) is -0.267. The smallest absolute Gasteiger partial charge is 0.394 e. The molecule has 49 heavy (non-hydrogen) atoms. The zero-order valence-corrected chi connectivity index (χ0v) is 31.1. The van der Waals surface area contributed by atoms with Gasteiger partial charge in [-0.1, -0.05) is 142 Å². The van der Waals surface area contributed by atoms with Crippen molar-refractivity contribution in [1.82, 2.24) is 5.32 Å². The fourth-order valence-corrected chi connectivity index (χ4v) is 6.55. The maximum absolute atomic E-state index is 12.9. The van der Waals surface area contributed by atoms with Gasteiger partial charge in [-0.15, -0.1) is 0 Å². The monoisotopic (exact) mass is 723 g/mol. The van der Waals surface area contributed by atoms with Gasteiger partial charge in [0.2, 0.25) is 5.91 Å². The third kappa shape index (κ3) is 22.4. The molecule has 0 aromatic rings. The molecular formula is C36H69NO11S. The van der Waals surface area contributed by atoms with E-state index in [1.165, 1.54) is 89.9 Å². The fraction of sp³-hybridized carbons (Fsp3) is 0.917. The van der Waals surface area contributed by atoms with Gasteiger partial charge in [0.1, 0.15) is 24.4 Å². The number of aliphatic hydroxyl groups is 4. The van der Waals surface area contributed by atoms with E-state index in [0.717, 1.165) is 38.5 Å². The van der Waals surface area contributed by atoms with Crippen molar-refractivity contribution in [3.05, 3.63) is 12.2 Å². The van der Waals surface area contributed by atoms with Gasteiger partial charge < -0.3 is 35.2 Å². The molecular weight excluding hydrogens is 654 g/mol. The quantitative estimate of drug-likeness (QED) is 0.0294. The summed E-state index contributed by atoms with van der Waals surface area (Å²) in [6.07, 6.45) is 18.4. The Labute approximate surface area is 296 Å².